The van der Waals surface area contributed by atoms with Gasteiger partial charge in [-0.3, -0.25) is 10.1 Å². The van der Waals surface area contributed by atoms with Crippen LogP contribution in [0.4, 0.5) is 17.3 Å². The van der Waals surface area contributed by atoms with E-state index in [-0.39, 0.29) is 18.3 Å². The summed E-state index contributed by atoms with van der Waals surface area (Å²) < 4.78 is 0. The topological polar surface area (TPSA) is 91.5 Å². The fourth-order valence-electron chi connectivity index (χ4n) is 2.70. The zero-order chi connectivity index (χ0) is 15.4. The van der Waals surface area contributed by atoms with Crippen molar-refractivity contribution in [3.63, 3.8) is 0 Å². The Kier molecular flexibility index (Phi) is 4.95. The zero-order valence-corrected chi connectivity index (χ0v) is 12.5. The zero-order valence-electron chi connectivity index (χ0n) is 12.5. The first-order valence-corrected chi connectivity index (χ1v) is 7.35. The summed E-state index contributed by atoms with van der Waals surface area (Å²) in [6, 6.07) is 3.00. The molecule has 21 heavy (non-hydrogen) atoms. The maximum atomic E-state index is 11.2. The van der Waals surface area contributed by atoms with E-state index in [1.54, 1.807) is 6.07 Å². The van der Waals surface area contributed by atoms with Gasteiger partial charge in [-0.1, -0.05) is 13.8 Å². The van der Waals surface area contributed by atoms with Crippen molar-refractivity contribution in [2.45, 2.75) is 32.7 Å². The van der Waals surface area contributed by atoms with Gasteiger partial charge in [-0.2, -0.15) is 0 Å². The Bertz CT molecular complexity index is 509. The van der Waals surface area contributed by atoms with Crippen molar-refractivity contribution in [3.8, 4) is 0 Å². The number of aliphatic hydroxyl groups is 1. The molecule has 0 amide bonds. The molecule has 0 aromatic carbocycles. The third-order valence-corrected chi connectivity index (χ3v) is 3.95. The second-order valence-corrected chi connectivity index (χ2v) is 5.43. The summed E-state index contributed by atoms with van der Waals surface area (Å²) in [5.41, 5.74) is -0.00963. The Balaban J connectivity index is 2.36. The van der Waals surface area contributed by atoms with Crippen LogP contribution >= 0.6 is 0 Å². The number of aromatic nitrogens is 1. The lowest BCUT2D eigenvalue weighted by atomic mass is 10.0. The van der Waals surface area contributed by atoms with E-state index in [1.165, 1.54) is 6.07 Å². The minimum absolute atomic E-state index is 0.00963. The lowest BCUT2D eigenvalue weighted by Crippen LogP contribution is -2.36. The average molecular weight is 294 g/mol. The van der Waals surface area contributed by atoms with E-state index in [4.69, 9.17) is 0 Å². The summed E-state index contributed by atoms with van der Waals surface area (Å²) in [4.78, 5) is 17.1. The number of hydrogen-bond acceptors (Lipinski definition) is 6. The van der Waals surface area contributed by atoms with Crippen LogP contribution < -0.4 is 10.2 Å². The second kappa shape index (κ2) is 6.71. The third-order valence-electron chi connectivity index (χ3n) is 3.95. The number of nitrogens with one attached hydrogen (secondary N) is 1. The summed E-state index contributed by atoms with van der Waals surface area (Å²) >= 11 is 0. The van der Waals surface area contributed by atoms with Crippen molar-refractivity contribution in [1.29, 1.82) is 0 Å². The standard InChI is InChI=1S/C14H22N4O3/c1-3-7-15-13-5-4-11(18(20)21)14(16-13)17-8-6-10(2)12(17)9-19/h4-5,10,12,19H,3,6-9H2,1-2H3,(H,15,16). The van der Waals surface area contributed by atoms with Crippen LogP contribution in [-0.4, -0.2) is 40.8 Å². The van der Waals surface area contributed by atoms with E-state index in [0.29, 0.717) is 24.1 Å². The van der Waals surface area contributed by atoms with Crippen LogP contribution in [0, 0.1) is 16.0 Å². The smallest absolute Gasteiger partial charge is 0.311 e. The molecular formula is C14H22N4O3. The molecule has 1 aliphatic heterocycles. The predicted octanol–water partition coefficient (Wildman–Crippen LogP) is 2.02. The summed E-state index contributed by atoms with van der Waals surface area (Å²) in [6.45, 7) is 5.52. The monoisotopic (exact) mass is 294 g/mol. The van der Waals surface area contributed by atoms with Gasteiger partial charge in [-0.25, -0.2) is 4.98 Å². The molecule has 7 nitrogen and oxygen atoms in total. The highest BCUT2D eigenvalue weighted by Gasteiger charge is 2.35. The second-order valence-electron chi connectivity index (χ2n) is 5.43. The van der Waals surface area contributed by atoms with Crippen molar-refractivity contribution in [3.05, 3.63) is 22.2 Å². The number of nitrogens with zero attached hydrogens (tertiary/aromatic N) is 3. The Morgan fingerprint density at radius 1 is 1.57 bits per heavy atom. The molecule has 2 rings (SSSR count). The van der Waals surface area contributed by atoms with Gasteiger partial charge in [0.15, 0.2) is 0 Å². The number of anilines is 2. The molecule has 1 aromatic heterocycles. The van der Waals surface area contributed by atoms with E-state index in [2.05, 4.69) is 10.3 Å². The Morgan fingerprint density at radius 2 is 2.33 bits per heavy atom. The molecule has 2 N–H and O–H groups in total. The molecule has 1 saturated heterocycles. The van der Waals surface area contributed by atoms with Crippen molar-refractivity contribution >= 4 is 17.3 Å². The first kappa shape index (κ1) is 15.5. The highest BCUT2D eigenvalue weighted by molar-refractivity contribution is 5.63. The Hall–Kier alpha value is -1.89. The maximum absolute atomic E-state index is 11.2. The van der Waals surface area contributed by atoms with Crippen molar-refractivity contribution in [2.75, 3.05) is 29.9 Å². The van der Waals surface area contributed by atoms with Gasteiger partial charge in [-0.05, 0) is 24.8 Å². The molecule has 2 unspecified atom stereocenters. The molecule has 116 valence electrons. The van der Waals surface area contributed by atoms with Gasteiger partial charge < -0.3 is 15.3 Å². The molecule has 1 aliphatic rings. The van der Waals surface area contributed by atoms with Crippen LogP contribution in [0.25, 0.3) is 0 Å². The minimum Gasteiger partial charge on any atom is -0.394 e. The van der Waals surface area contributed by atoms with Gasteiger partial charge in [0.05, 0.1) is 17.6 Å². The van der Waals surface area contributed by atoms with Crippen molar-refractivity contribution in [1.82, 2.24) is 4.98 Å². The number of aliphatic hydroxyl groups excluding tert-OH is 1. The van der Waals surface area contributed by atoms with Gasteiger partial charge in [0.25, 0.3) is 0 Å². The molecule has 2 heterocycles. The van der Waals surface area contributed by atoms with E-state index in [9.17, 15) is 15.2 Å². The minimum atomic E-state index is -0.413. The van der Waals surface area contributed by atoms with Gasteiger partial charge in [-0.15, -0.1) is 0 Å². The predicted molar refractivity (Wildman–Crippen MR) is 81.7 cm³/mol. The van der Waals surface area contributed by atoms with Crippen molar-refractivity contribution < 1.29 is 10.0 Å². The summed E-state index contributed by atoms with van der Waals surface area (Å²) in [5, 5.41) is 23.9. The summed E-state index contributed by atoms with van der Waals surface area (Å²) in [7, 11) is 0. The van der Waals surface area contributed by atoms with Gasteiger partial charge in [0.1, 0.15) is 5.82 Å². The number of rotatable bonds is 6. The van der Waals surface area contributed by atoms with E-state index in [0.717, 1.165) is 19.4 Å². The summed E-state index contributed by atoms with van der Waals surface area (Å²) in [5.74, 6) is 1.28. The molecule has 1 aromatic rings. The van der Waals surface area contributed by atoms with Gasteiger partial charge in [0.2, 0.25) is 5.82 Å². The highest BCUT2D eigenvalue weighted by Crippen LogP contribution is 2.35. The fraction of sp³-hybridized carbons (Fsp3) is 0.643. The molecule has 0 radical (unpaired) electrons. The SMILES string of the molecule is CCCNc1ccc([N+](=O)[O-])c(N2CCC(C)C2CO)n1. The first-order chi connectivity index (χ1) is 10.1. The van der Waals surface area contributed by atoms with Crippen molar-refractivity contribution in [2.24, 2.45) is 5.92 Å². The van der Waals surface area contributed by atoms with Crippen LogP contribution in [0.5, 0.6) is 0 Å². The summed E-state index contributed by atoms with van der Waals surface area (Å²) in [6.07, 6.45) is 1.85. The Labute approximate surface area is 124 Å². The first-order valence-electron chi connectivity index (χ1n) is 7.35. The maximum Gasteiger partial charge on any atom is 0.311 e. The largest absolute Gasteiger partial charge is 0.394 e. The fourth-order valence-corrected chi connectivity index (χ4v) is 2.70. The highest BCUT2D eigenvalue weighted by atomic mass is 16.6. The van der Waals surface area contributed by atoms with Gasteiger partial charge >= 0.3 is 5.69 Å². The van der Waals surface area contributed by atoms with Crippen LogP contribution in [0.2, 0.25) is 0 Å². The third kappa shape index (κ3) is 3.24. The molecule has 7 heteroatoms. The van der Waals surface area contributed by atoms with E-state index < -0.39 is 4.92 Å². The molecule has 0 bridgehead atoms. The normalized spacial score (nSPS) is 21.6. The molecular weight excluding hydrogens is 272 g/mol. The molecule has 0 spiro atoms. The van der Waals surface area contributed by atoms with E-state index >= 15 is 0 Å². The average Bonchev–Trinajstić information content (AvgIpc) is 2.85. The number of hydrogen-bond donors (Lipinski definition) is 2. The molecule has 1 fully saturated rings. The number of pyridine rings is 1. The van der Waals surface area contributed by atoms with Crippen LogP contribution in [0.1, 0.15) is 26.7 Å². The van der Waals surface area contributed by atoms with Crippen LogP contribution in [0.15, 0.2) is 12.1 Å². The molecule has 0 saturated carbocycles. The molecule has 2 atom stereocenters. The number of nitro groups is 1. The van der Waals surface area contributed by atoms with E-state index in [1.807, 2.05) is 18.7 Å². The van der Waals surface area contributed by atoms with Gasteiger partial charge in [0, 0.05) is 19.2 Å². The Morgan fingerprint density at radius 3 is 2.95 bits per heavy atom. The molecule has 0 aliphatic carbocycles. The lowest BCUT2D eigenvalue weighted by molar-refractivity contribution is -0.384. The quantitative estimate of drug-likeness (QED) is 0.616. The lowest BCUT2D eigenvalue weighted by Gasteiger charge is -2.26. The van der Waals surface area contributed by atoms with Crippen LogP contribution in [0.3, 0.4) is 0 Å². The van der Waals surface area contributed by atoms with Crippen LogP contribution in [-0.2, 0) is 0 Å².